The third-order valence-corrected chi connectivity index (χ3v) is 4.78. The molecular formula is C17H21N3OS. The second-order valence-corrected chi connectivity index (χ2v) is 6.31. The Bertz CT molecular complexity index is 600. The molecule has 22 heavy (non-hydrogen) atoms. The van der Waals surface area contributed by atoms with E-state index in [2.05, 4.69) is 40.6 Å². The van der Waals surface area contributed by atoms with E-state index in [1.165, 1.54) is 0 Å². The van der Waals surface area contributed by atoms with Crippen molar-refractivity contribution in [1.29, 1.82) is 0 Å². The first-order valence-corrected chi connectivity index (χ1v) is 8.79. The van der Waals surface area contributed by atoms with Crippen LogP contribution in [0.3, 0.4) is 0 Å². The van der Waals surface area contributed by atoms with Crippen molar-refractivity contribution in [3.8, 4) is 0 Å². The highest BCUT2D eigenvalue weighted by Crippen LogP contribution is 2.34. The van der Waals surface area contributed by atoms with Crippen molar-refractivity contribution in [2.75, 3.05) is 31.3 Å². The summed E-state index contributed by atoms with van der Waals surface area (Å²) in [5.41, 5.74) is 2.28. The summed E-state index contributed by atoms with van der Waals surface area (Å²) < 4.78 is 5.58. The van der Waals surface area contributed by atoms with Crippen molar-refractivity contribution in [2.24, 2.45) is 0 Å². The van der Waals surface area contributed by atoms with Crippen LogP contribution in [0.25, 0.3) is 0 Å². The molecule has 2 aromatic rings. The molecule has 2 heterocycles. The highest BCUT2D eigenvalue weighted by molar-refractivity contribution is 7.98. The Kier molecular flexibility index (Phi) is 4.95. The molecule has 0 amide bonds. The second-order valence-electron chi connectivity index (χ2n) is 5.54. The van der Waals surface area contributed by atoms with Crippen LogP contribution in [0.2, 0.25) is 0 Å². The van der Waals surface area contributed by atoms with Gasteiger partial charge in [-0.15, -0.1) is 0 Å². The first-order chi connectivity index (χ1) is 10.8. The molecule has 0 atom stereocenters. The Morgan fingerprint density at radius 2 is 1.95 bits per heavy atom. The maximum atomic E-state index is 5.58. The molecule has 1 fully saturated rings. The van der Waals surface area contributed by atoms with Gasteiger partial charge in [0.2, 0.25) is 0 Å². The lowest BCUT2D eigenvalue weighted by molar-refractivity contribution is 0.0527. The Morgan fingerprint density at radius 3 is 2.68 bits per heavy atom. The fourth-order valence-electron chi connectivity index (χ4n) is 2.85. The van der Waals surface area contributed by atoms with Crippen LogP contribution >= 0.6 is 11.8 Å². The summed E-state index contributed by atoms with van der Waals surface area (Å²) in [6.07, 6.45) is 5.85. The number of nitrogens with zero attached hydrogens (tertiary/aromatic N) is 2. The number of anilines is 1. The molecule has 3 rings (SSSR count). The van der Waals surface area contributed by atoms with Crippen LogP contribution in [0, 0.1) is 0 Å². The van der Waals surface area contributed by atoms with Gasteiger partial charge in [-0.2, -0.15) is 0 Å². The van der Waals surface area contributed by atoms with Crippen LogP contribution < -0.4 is 5.32 Å². The molecule has 1 saturated heterocycles. The van der Waals surface area contributed by atoms with Gasteiger partial charge < -0.3 is 10.1 Å². The summed E-state index contributed by atoms with van der Waals surface area (Å²) in [4.78, 5) is 9.06. The van der Waals surface area contributed by atoms with Gasteiger partial charge in [0.25, 0.3) is 0 Å². The summed E-state index contributed by atoms with van der Waals surface area (Å²) in [6.45, 7) is 2.44. The lowest BCUT2D eigenvalue weighted by Crippen LogP contribution is -2.41. The zero-order chi connectivity index (χ0) is 15.3. The SMILES string of the molecule is CSc1nccc(C2(CNc3ccccc3)CCOCC2)n1. The molecule has 5 heteroatoms. The van der Waals surface area contributed by atoms with Crippen LogP contribution in [0.1, 0.15) is 18.5 Å². The number of benzene rings is 1. The van der Waals surface area contributed by atoms with Gasteiger partial charge in [0.05, 0.1) is 5.69 Å². The van der Waals surface area contributed by atoms with Crippen molar-refractivity contribution in [3.05, 3.63) is 48.3 Å². The Morgan fingerprint density at radius 1 is 1.18 bits per heavy atom. The molecule has 1 aromatic carbocycles. The van der Waals surface area contributed by atoms with Crippen molar-refractivity contribution in [1.82, 2.24) is 9.97 Å². The van der Waals surface area contributed by atoms with Crippen molar-refractivity contribution < 1.29 is 4.74 Å². The normalized spacial score (nSPS) is 17.1. The first-order valence-electron chi connectivity index (χ1n) is 7.57. The summed E-state index contributed by atoms with van der Waals surface area (Å²) >= 11 is 1.59. The number of aromatic nitrogens is 2. The minimum Gasteiger partial charge on any atom is -0.384 e. The summed E-state index contributed by atoms with van der Waals surface area (Å²) in [5, 5.41) is 4.40. The molecule has 116 valence electrons. The average Bonchev–Trinajstić information content (AvgIpc) is 2.62. The van der Waals surface area contributed by atoms with E-state index < -0.39 is 0 Å². The Balaban J connectivity index is 1.84. The summed E-state index contributed by atoms with van der Waals surface area (Å²) in [5.74, 6) is 0. The minimum atomic E-state index is 0.0154. The van der Waals surface area contributed by atoms with Gasteiger partial charge in [-0.3, -0.25) is 0 Å². The van der Waals surface area contributed by atoms with Crippen LogP contribution in [0.15, 0.2) is 47.8 Å². The Labute approximate surface area is 135 Å². The summed E-state index contributed by atoms with van der Waals surface area (Å²) in [7, 11) is 0. The lowest BCUT2D eigenvalue weighted by Gasteiger charge is -2.37. The van der Waals surface area contributed by atoms with Gasteiger partial charge in [0.1, 0.15) is 0 Å². The van der Waals surface area contributed by atoms with Gasteiger partial charge in [-0.25, -0.2) is 9.97 Å². The van der Waals surface area contributed by atoms with E-state index in [1.807, 2.05) is 18.5 Å². The zero-order valence-corrected chi connectivity index (χ0v) is 13.6. The predicted octanol–water partition coefficient (Wildman–Crippen LogP) is 3.36. The lowest BCUT2D eigenvalue weighted by atomic mass is 9.77. The molecule has 1 aliphatic heterocycles. The molecule has 0 spiro atoms. The fourth-order valence-corrected chi connectivity index (χ4v) is 3.20. The number of ether oxygens (including phenoxy) is 1. The molecule has 0 bridgehead atoms. The largest absolute Gasteiger partial charge is 0.384 e. The second kappa shape index (κ2) is 7.11. The molecule has 0 radical (unpaired) electrons. The van der Waals surface area contributed by atoms with Crippen LogP contribution in [0.5, 0.6) is 0 Å². The fraction of sp³-hybridized carbons (Fsp3) is 0.412. The van der Waals surface area contributed by atoms with Gasteiger partial charge in [-0.05, 0) is 37.3 Å². The maximum absolute atomic E-state index is 5.58. The average molecular weight is 315 g/mol. The third-order valence-electron chi connectivity index (χ3n) is 4.21. The van der Waals surface area contributed by atoms with E-state index in [-0.39, 0.29) is 5.41 Å². The van der Waals surface area contributed by atoms with E-state index in [0.29, 0.717) is 0 Å². The first kappa shape index (κ1) is 15.3. The van der Waals surface area contributed by atoms with Gasteiger partial charge in [0, 0.05) is 37.1 Å². The number of nitrogens with one attached hydrogen (secondary N) is 1. The number of para-hydroxylation sites is 1. The number of hydrogen-bond acceptors (Lipinski definition) is 5. The smallest absolute Gasteiger partial charge is 0.187 e. The standard InChI is InChI=1S/C17H21N3OS/c1-22-16-18-10-7-15(20-16)17(8-11-21-12-9-17)13-19-14-5-3-2-4-6-14/h2-7,10,19H,8-9,11-13H2,1H3. The zero-order valence-electron chi connectivity index (χ0n) is 12.8. The van der Waals surface area contributed by atoms with Crippen LogP contribution in [-0.2, 0) is 10.2 Å². The highest BCUT2D eigenvalue weighted by atomic mass is 32.2. The molecular weight excluding hydrogens is 294 g/mol. The third kappa shape index (κ3) is 3.42. The number of hydrogen-bond donors (Lipinski definition) is 1. The quantitative estimate of drug-likeness (QED) is 0.677. The predicted molar refractivity (Wildman–Crippen MR) is 90.5 cm³/mol. The molecule has 1 aliphatic rings. The maximum Gasteiger partial charge on any atom is 0.187 e. The van der Waals surface area contributed by atoms with E-state index in [9.17, 15) is 0 Å². The van der Waals surface area contributed by atoms with Gasteiger partial charge in [0.15, 0.2) is 5.16 Å². The monoisotopic (exact) mass is 315 g/mol. The van der Waals surface area contributed by atoms with Gasteiger partial charge in [-0.1, -0.05) is 30.0 Å². The molecule has 1 N–H and O–H groups in total. The van der Waals surface area contributed by atoms with E-state index >= 15 is 0 Å². The number of thioether (sulfide) groups is 1. The van der Waals surface area contributed by atoms with Crippen molar-refractivity contribution in [2.45, 2.75) is 23.4 Å². The van der Waals surface area contributed by atoms with Crippen molar-refractivity contribution >= 4 is 17.4 Å². The molecule has 1 aromatic heterocycles. The van der Waals surface area contributed by atoms with Gasteiger partial charge >= 0.3 is 0 Å². The molecule has 4 nitrogen and oxygen atoms in total. The Hall–Kier alpha value is -1.59. The van der Waals surface area contributed by atoms with E-state index in [1.54, 1.807) is 11.8 Å². The van der Waals surface area contributed by atoms with Crippen LogP contribution in [0.4, 0.5) is 5.69 Å². The van der Waals surface area contributed by atoms with E-state index in [0.717, 1.165) is 49.1 Å². The summed E-state index contributed by atoms with van der Waals surface area (Å²) in [6, 6.07) is 12.4. The molecule has 0 unspecified atom stereocenters. The van der Waals surface area contributed by atoms with Crippen molar-refractivity contribution in [3.63, 3.8) is 0 Å². The van der Waals surface area contributed by atoms with Crippen LogP contribution in [-0.4, -0.2) is 36.0 Å². The number of rotatable bonds is 5. The van der Waals surface area contributed by atoms with E-state index in [4.69, 9.17) is 9.72 Å². The molecule has 0 saturated carbocycles. The highest BCUT2D eigenvalue weighted by Gasteiger charge is 2.36. The molecule has 0 aliphatic carbocycles. The minimum absolute atomic E-state index is 0.0154. The topological polar surface area (TPSA) is 47.0 Å².